The summed E-state index contributed by atoms with van der Waals surface area (Å²) in [6.07, 6.45) is 0.998. The standard InChI is InChI=1S/C23H27N5O3/c1-4-7-20(29)28(21(15(2)3)23(30)31)14-16-10-12-17(13-11-16)18-8-5-6-9-19(18)22-24-26-27-25-22/h5-6,8-13,15,21H,4,7,14H2,1-3H3,(H,30,31)(H,24,25,26,27)/t21-/m0/s1. The largest absolute Gasteiger partial charge is 0.480 e. The maximum Gasteiger partial charge on any atom is 0.326 e. The Kier molecular flexibility index (Phi) is 7.12. The van der Waals surface area contributed by atoms with Gasteiger partial charge in [-0.2, -0.15) is 5.21 Å². The number of nitrogens with one attached hydrogen (secondary N) is 1. The number of carboxylic acid groups (broad SMARTS) is 1. The summed E-state index contributed by atoms with van der Waals surface area (Å²) in [6.45, 7) is 5.81. The van der Waals surface area contributed by atoms with Gasteiger partial charge in [0, 0.05) is 18.5 Å². The molecule has 3 rings (SSSR count). The Morgan fingerprint density at radius 1 is 1.06 bits per heavy atom. The maximum absolute atomic E-state index is 12.7. The second-order valence-corrected chi connectivity index (χ2v) is 7.78. The molecule has 0 fully saturated rings. The average molecular weight is 422 g/mol. The smallest absolute Gasteiger partial charge is 0.326 e. The summed E-state index contributed by atoms with van der Waals surface area (Å²) in [7, 11) is 0. The number of nitrogens with zero attached hydrogens (tertiary/aromatic N) is 4. The normalized spacial score (nSPS) is 12.0. The predicted octanol–water partition coefficient (Wildman–Crippen LogP) is 3.77. The van der Waals surface area contributed by atoms with Gasteiger partial charge in [0.1, 0.15) is 6.04 Å². The lowest BCUT2D eigenvalue weighted by Crippen LogP contribution is -2.47. The summed E-state index contributed by atoms with van der Waals surface area (Å²) < 4.78 is 0. The summed E-state index contributed by atoms with van der Waals surface area (Å²) in [5.74, 6) is -0.808. The van der Waals surface area contributed by atoms with Gasteiger partial charge in [-0.1, -0.05) is 69.3 Å². The highest BCUT2D eigenvalue weighted by molar-refractivity contribution is 5.84. The van der Waals surface area contributed by atoms with Crippen molar-refractivity contribution in [2.75, 3.05) is 0 Å². The van der Waals surface area contributed by atoms with Crippen LogP contribution in [0.25, 0.3) is 22.5 Å². The Morgan fingerprint density at radius 2 is 1.74 bits per heavy atom. The van der Waals surface area contributed by atoms with Gasteiger partial charge in [0.25, 0.3) is 0 Å². The minimum Gasteiger partial charge on any atom is -0.480 e. The van der Waals surface area contributed by atoms with Gasteiger partial charge in [-0.05, 0) is 34.2 Å². The molecule has 8 nitrogen and oxygen atoms in total. The van der Waals surface area contributed by atoms with Crippen LogP contribution in [0.2, 0.25) is 0 Å². The zero-order valence-electron chi connectivity index (χ0n) is 17.9. The molecule has 0 aliphatic heterocycles. The van der Waals surface area contributed by atoms with E-state index in [0.717, 1.165) is 22.3 Å². The molecule has 2 aromatic carbocycles. The Labute approximate surface area is 181 Å². The third-order valence-corrected chi connectivity index (χ3v) is 5.14. The SMILES string of the molecule is CCCC(=O)N(Cc1ccc(-c2ccccc2-c2nn[nH]n2)cc1)[C@H](C(=O)O)C(C)C. The van der Waals surface area contributed by atoms with E-state index in [2.05, 4.69) is 20.6 Å². The second-order valence-electron chi connectivity index (χ2n) is 7.78. The lowest BCUT2D eigenvalue weighted by Gasteiger charge is -2.31. The van der Waals surface area contributed by atoms with E-state index in [4.69, 9.17) is 0 Å². The number of carbonyl (C=O) groups excluding carboxylic acids is 1. The molecule has 0 aliphatic rings. The van der Waals surface area contributed by atoms with Gasteiger partial charge in [-0.25, -0.2) is 4.79 Å². The van der Waals surface area contributed by atoms with Gasteiger partial charge in [0.05, 0.1) is 0 Å². The molecule has 0 saturated carbocycles. The Hall–Kier alpha value is -3.55. The molecule has 31 heavy (non-hydrogen) atoms. The molecule has 0 saturated heterocycles. The number of aliphatic carboxylic acids is 1. The van der Waals surface area contributed by atoms with Crippen molar-refractivity contribution in [2.45, 2.75) is 46.2 Å². The molecule has 8 heteroatoms. The van der Waals surface area contributed by atoms with Crippen molar-refractivity contribution in [3.63, 3.8) is 0 Å². The molecule has 1 aromatic heterocycles. The first-order chi connectivity index (χ1) is 14.9. The van der Waals surface area contributed by atoms with Gasteiger partial charge < -0.3 is 10.0 Å². The molecule has 1 heterocycles. The van der Waals surface area contributed by atoms with E-state index in [1.165, 1.54) is 4.90 Å². The van der Waals surface area contributed by atoms with E-state index in [0.29, 0.717) is 18.7 Å². The molecule has 3 aromatic rings. The predicted molar refractivity (Wildman–Crippen MR) is 117 cm³/mol. The van der Waals surface area contributed by atoms with E-state index in [-0.39, 0.29) is 18.4 Å². The van der Waals surface area contributed by atoms with E-state index in [1.807, 2.05) is 69.3 Å². The lowest BCUT2D eigenvalue weighted by molar-refractivity contribution is -0.153. The van der Waals surface area contributed by atoms with Crippen LogP contribution in [-0.4, -0.2) is 48.5 Å². The second kappa shape index (κ2) is 9.97. The van der Waals surface area contributed by atoms with Crippen LogP contribution in [0.4, 0.5) is 0 Å². The third kappa shape index (κ3) is 5.14. The van der Waals surface area contributed by atoms with Crippen molar-refractivity contribution in [3.05, 3.63) is 54.1 Å². The van der Waals surface area contributed by atoms with Crippen LogP contribution in [0.3, 0.4) is 0 Å². The number of aromatic nitrogens is 4. The molecule has 2 N–H and O–H groups in total. The first-order valence-electron chi connectivity index (χ1n) is 10.4. The fraction of sp³-hybridized carbons (Fsp3) is 0.348. The van der Waals surface area contributed by atoms with Crippen molar-refractivity contribution in [2.24, 2.45) is 5.92 Å². The molecule has 0 unspecified atom stereocenters. The van der Waals surface area contributed by atoms with E-state index in [1.54, 1.807) is 0 Å². The van der Waals surface area contributed by atoms with Crippen molar-refractivity contribution >= 4 is 11.9 Å². The number of H-pyrrole nitrogens is 1. The quantitative estimate of drug-likeness (QED) is 0.544. The number of amides is 1. The minimum atomic E-state index is -0.981. The van der Waals surface area contributed by atoms with E-state index < -0.39 is 12.0 Å². The molecule has 0 aliphatic carbocycles. The summed E-state index contributed by atoms with van der Waals surface area (Å²) in [5, 5.41) is 24.0. The molecule has 162 valence electrons. The number of carboxylic acids is 1. The lowest BCUT2D eigenvalue weighted by atomic mass is 9.97. The number of benzene rings is 2. The van der Waals surface area contributed by atoms with Crippen molar-refractivity contribution in [3.8, 4) is 22.5 Å². The fourth-order valence-electron chi connectivity index (χ4n) is 3.67. The van der Waals surface area contributed by atoms with Crippen LogP contribution < -0.4 is 0 Å². The highest BCUT2D eigenvalue weighted by atomic mass is 16.4. The number of tetrazole rings is 1. The van der Waals surface area contributed by atoms with Crippen LogP contribution in [-0.2, 0) is 16.1 Å². The van der Waals surface area contributed by atoms with Gasteiger partial charge in [-0.15, -0.1) is 10.2 Å². The molecule has 1 amide bonds. The number of carbonyl (C=O) groups is 2. The molecule has 0 radical (unpaired) electrons. The van der Waals surface area contributed by atoms with Crippen LogP contribution in [0.1, 0.15) is 39.2 Å². The summed E-state index contributed by atoms with van der Waals surface area (Å²) in [5.41, 5.74) is 3.65. The molecule has 1 atom stereocenters. The van der Waals surface area contributed by atoms with Gasteiger partial charge in [0.2, 0.25) is 11.7 Å². The highest BCUT2D eigenvalue weighted by Crippen LogP contribution is 2.30. The zero-order chi connectivity index (χ0) is 22.4. The van der Waals surface area contributed by atoms with Crippen molar-refractivity contribution < 1.29 is 14.7 Å². The third-order valence-electron chi connectivity index (χ3n) is 5.14. The number of rotatable bonds is 9. The maximum atomic E-state index is 12.7. The van der Waals surface area contributed by atoms with Crippen molar-refractivity contribution in [1.29, 1.82) is 0 Å². The molecular weight excluding hydrogens is 394 g/mol. The fourth-order valence-corrected chi connectivity index (χ4v) is 3.67. The van der Waals surface area contributed by atoms with Gasteiger partial charge in [0.15, 0.2) is 0 Å². The van der Waals surface area contributed by atoms with Crippen molar-refractivity contribution in [1.82, 2.24) is 25.5 Å². The highest BCUT2D eigenvalue weighted by Gasteiger charge is 2.31. The first kappa shape index (κ1) is 22.1. The molecular formula is C23H27N5O3. The average Bonchev–Trinajstić information content (AvgIpc) is 3.28. The first-order valence-corrected chi connectivity index (χ1v) is 10.4. The van der Waals surface area contributed by atoms with Crippen LogP contribution in [0, 0.1) is 5.92 Å². The van der Waals surface area contributed by atoms with Crippen LogP contribution >= 0.6 is 0 Å². The van der Waals surface area contributed by atoms with Gasteiger partial charge >= 0.3 is 5.97 Å². The van der Waals surface area contributed by atoms with Crippen LogP contribution in [0.15, 0.2) is 48.5 Å². The Morgan fingerprint density at radius 3 is 2.29 bits per heavy atom. The summed E-state index contributed by atoms with van der Waals surface area (Å²) >= 11 is 0. The monoisotopic (exact) mass is 421 g/mol. The number of hydrogen-bond acceptors (Lipinski definition) is 5. The number of hydrogen-bond donors (Lipinski definition) is 2. The Balaban J connectivity index is 1.88. The summed E-state index contributed by atoms with van der Waals surface area (Å²) in [6, 6.07) is 14.7. The minimum absolute atomic E-state index is 0.143. The van der Waals surface area contributed by atoms with Gasteiger partial charge in [-0.3, -0.25) is 4.79 Å². The Bertz CT molecular complexity index is 1020. The van der Waals surface area contributed by atoms with E-state index >= 15 is 0 Å². The molecule has 0 spiro atoms. The van der Waals surface area contributed by atoms with Crippen LogP contribution in [0.5, 0.6) is 0 Å². The van der Waals surface area contributed by atoms with E-state index in [9.17, 15) is 14.7 Å². The topological polar surface area (TPSA) is 112 Å². The number of aromatic amines is 1. The zero-order valence-corrected chi connectivity index (χ0v) is 17.9. The summed E-state index contributed by atoms with van der Waals surface area (Å²) in [4.78, 5) is 26.0. The molecule has 0 bridgehead atoms.